The standard InChI is InChI=1S/C26H31N5O5S/c1-26(2,3)36-25(33)31-12-10-19-16-30(17-22(19)31)37(34,35)21-7-4-18(5-8-21)14-28-24(32)20-6-9-23-27-11-13-29(23)15-20/h4-9,11,13,15,19,22H,10,12,14,16-17H2,1-3H3,(H,28,32)/t19-,22+/m0/s1. The summed E-state index contributed by atoms with van der Waals surface area (Å²) in [6, 6.07) is 9.84. The van der Waals surface area contributed by atoms with E-state index in [-0.39, 0.29) is 35.9 Å². The van der Waals surface area contributed by atoms with Crippen LogP contribution < -0.4 is 5.32 Å². The molecule has 2 amide bonds. The van der Waals surface area contributed by atoms with Gasteiger partial charge in [0.15, 0.2) is 0 Å². The van der Waals surface area contributed by atoms with Crippen LogP contribution in [0.5, 0.6) is 0 Å². The van der Waals surface area contributed by atoms with Gasteiger partial charge in [-0.1, -0.05) is 12.1 Å². The molecule has 2 fully saturated rings. The normalized spacial score (nSPS) is 20.2. The van der Waals surface area contributed by atoms with Gasteiger partial charge in [-0.15, -0.1) is 0 Å². The number of imidazole rings is 1. The highest BCUT2D eigenvalue weighted by Gasteiger charge is 2.47. The van der Waals surface area contributed by atoms with E-state index in [9.17, 15) is 18.0 Å². The van der Waals surface area contributed by atoms with Crippen LogP contribution in [0.2, 0.25) is 0 Å². The number of sulfonamides is 1. The molecule has 3 aromatic rings. The highest BCUT2D eigenvalue weighted by molar-refractivity contribution is 7.89. The Labute approximate surface area is 216 Å². The lowest BCUT2D eigenvalue weighted by molar-refractivity contribution is 0.0223. The zero-order valence-corrected chi connectivity index (χ0v) is 21.9. The topological polar surface area (TPSA) is 113 Å². The minimum absolute atomic E-state index is 0.0957. The predicted octanol–water partition coefficient (Wildman–Crippen LogP) is 2.89. The van der Waals surface area contributed by atoms with E-state index < -0.39 is 21.7 Å². The van der Waals surface area contributed by atoms with Crippen LogP contribution in [0.15, 0.2) is 59.9 Å². The second kappa shape index (κ2) is 9.46. The third kappa shape index (κ3) is 5.19. The number of rotatable bonds is 5. The van der Waals surface area contributed by atoms with E-state index in [1.54, 1.807) is 64.3 Å². The fraction of sp³-hybridized carbons (Fsp3) is 0.423. The molecule has 196 valence electrons. The Bertz CT molecular complexity index is 1430. The summed E-state index contributed by atoms with van der Waals surface area (Å²) < 4.78 is 35.4. The van der Waals surface area contributed by atoms with E-state index in [1.165, 1.54) is 4.31 Å². The molecule has 11 heteroatoms. The molecule has 37 heavy (non-hydrogen) atoms. The molecule has 10 nitrogen and oxygen atoms in total. The number of aromatic nitrogens is 2. The number of carbonyl (C=O) groups is 2. The van der Waals surface area contributed by atoms with Crippen LogP contribution in [0, 0.1) is 5.92 Å². The molecule has 0 radical (unpaired) electrons. The Balaban J connectivity index is 1.20. The monoisotopic (exact) mass is 525 g/mol. The van der Waals surface area contributed by atoms with Gasteiger partial charge in [-0.3, -0.25) is 4.79 Å². The Kier molecular flexibility index (Phi) is 6.45. The number of amides is 2. The van der Waals surface area contributed by atoms with Gasteiger partial charge in [0, 0.05) is 44.8 Å². The number of nitrogens with zero attached hydrogens (tertiary/aromatic N) is 4. The molecule has 2 atom stereocenters. The molecule has 1 aromatic carbocycles. The predicted molar refractivity (Wildman–Crippen MR) is 136 cm³/mol. The van der Waals surface area contributed by atoms with Crippen molar-refractivity contribution in [2.24, 2.45) is 5.92 Å². The molecule has 1 N–H and O–H groups in total. The molecule has 0 saturated carbocycles. The fourth-order valence-corrected chi connectivity index (χ4v) is 6.45. The average molecular weight is 526 g/mol. The van der Waals surface area contributed by atoms with Crippen molar-refractivity contribution in [3.8, 4) is 0 Å². The average Bonchev–Trinajstić information content (AvgIpc) is 3.57. The zero-order chi connectivity index (χ0) is 26.4. The summed E-state index contributed by atoms with van der Waals surface area (Å²) in [5.41, 5.74) is 1.44. The molecular formula is C26H31N5O5S. The summed E-state index contributed by atoms with van der Waals surface area (Å²) in [7, 11) is -3.71. The molecule has 4 heterocycles. The lowest BCUT2D eigenvalue weighted by atomic mass is 10.1. The van der Waals surface area contributed by atoms with Crippen molar-refractivity contribution in [3.63, 3.8) is 0 Å². The lowest BCUT2D eigenvalue weighted by Gasteiger charge is -2.28. The van der Waals surface area contributed by atoms with Crippen molar-refractivity contribution >= 4 is 27.7 Å². The van der Waals surface area contributed by atoms with Gasteiger partial charge in [0.05, 0.1) is 16.5 Å². The first kappa shape index (κ1) is 25.2. The van der Waals surface area contributed by atoms with Crippen molar-refractivity contribution in [2.75, 3.05) is 19.6 Å². The maximum absolute atomic E-state index is 13.3. The van der Waals surface area contributed by atoms with Crippen LogP contribution in [-0.4, -0.2) is 70.3 Å². The summed E-state index contributed by atoms with van der Waals surface area (Å²) in [6.07, 6.45) is 5.51. The molecule has 0 spiro atoms. The van der Waals surface area contributed by atoms with E-state index in [4.69, 9.17) is 4.74 Å². The van der Waals surface area contributed by atoms with Crippen molar-refractivity contribution in [1.82, 2.24) is 23.9 Å². The summed E-state index contributed by atoms with van der Waals surface area (Å²) >= 11 is 0. The van der Waals surface area contributed by atoms with E-state index in [2.05, 4.69) is 10.3 Å². The second-order valence-electron chi connectivity index (χ2n) is 10.5. The van der Waals surface area contributed by atoms with Crippen LogP contribution in [0.4, 0.5) is 4.79 Å². The molecule has 2 saturated heterocycles. The molecule has 0 bridgehead atoms. The van der Waals surface area contributed by atoms with Crippen molar-refractivity contribution in [1.29, 1.82) is 0 Å². The van der Waals surface area contributed by atoms with Crippen molar-refractivity contribution in [3.05, 3.63) is 66.1 Å². The molecular weight excluding hydrogens is 494 g/mol. The summed E-state index contributed by atoms with van der Waals surface area (Å²) in [5, 5.41) is 2.86. The van der Waals surface area contributed by atoms with Crippen LogP contribution >= 0.6 is 0 Å². The number of carbonyl (C=O) groups excluding carboxylic acids is 2. The summed E-state index contributed by atoms with van der Waals surface area (Å²) in [4.78, 5) is 31.2. The molecule has 0 aliphatic carbocycles. The maximum atomic E-state index is 13.3. The van der Waals surface area contributed by atoms with Gasteiger partial charge in [-0.05, 0) is 62.9 Å². The Morgan fingerprint density at radius 1 is 1.11 bits per heavy atom. The van der Waals surface area contributed by atoms with E-state index in [1.807, 2.05) is 20.8 Å². The third-order valence-electron chi connectivity index (χ3n) is 6.81. The zero-order valence-electron chi connectivity index (χ0n) is 21.1. The van der Waals surface area contributed by atoms with Gasteiger partial charge in [-0.2, -0.15) is 4.31 Å². The van der Waals surface area contributed by atoms with E-state index >= 15 is 0 Å². The highest BCUT2D eigenvalue weighted by Crippen LogP contribution is 2.35. The lowest BCUT2D eigenvalue weighted by Crippen LogP contribution is -2.43. The number of hydrogen-bond donors (Lipinski definition) is 1. The van der Waals surface area contributed by atoms with Gasteiger partial charge < -0.3 is 19.4 Å². The molecule has 2 aromatic heterocycles. The summed E-state index contributed by atoms with van der Waals surface area (Å²) in [6.45, 7) is 6.93. The van der Waals surface area contributed by atoms with Crippen LogP contribution in [0.3, 0.4) is 0 Å². The highest BCUT2D eigenvalue weighted by atomic mass is 32.2. The minimum Gasteiger partial charge on any atom is -0.444 e. The number of likely N-dealkylation sites (tertiary alicyclic amines) is 1. The Hall–Kier alpha value is -3.44. The first-order chi connectivity index (χ1) is 17.5. The van der Waals surface area contributed by atoms with Crippen LogP contribution in [0.25, 0.3) is 5.65 Å². The van der Waals surface area contributed by atoms with E-state index in [0.717, 1.165) is 17.6 Å². The smallest absolute Gasteiger partial charge is 0.410 e. The largest absolute Gasteiger partial charge is 0.444 e. The molecule has 2 aliphatic heterocycles. The number of hydrogen-bond acceptors (Lipinski definition) is 6. The fourth-order valence-electron chi connectivity index (χ4n) is 4.93. The van der Waals surface area contributed by atoms with Gasteiger partial charge in [0.1, 0.15) is 11.2 Å². The number of benzene rings is 1. The first-order valence-corrected chi connectivity index (χ1v) is 13.7. The Morgan fingerprint density at radius 3 is 2.59 bits per heavy atom. The number of fused-ring (bicyclic) bond motifs is 2. The van der Waals surface area contributed by atoms with Gasteiger partial charge >= 0.3 is 6.09 Å². The quantitative estimate of drug-likeness (QED) is 0.548. The molecule has 5 rings (SSSR count). The van der Waals surface area contributed by atoms with Crippen molar-refractivity contribution < 1.29 is 22.7 Å². The molecule has 0 unspecified atom stereocenters. The first-order valence-electron chi connectivity index (χ1n) is 12.3. The minimum atomic E-state index is -3.71. The molecule has 2 aliphatic rings. The maximum Gasteiger partial charge on any atom is 0.410 e. The SMILES string of the molecule is CC(C)(C)OC(=O)N1CC[C@H]2CN(S(=O)(=O)c3ccc(CNC(=O)c4ccc5nccn5c4)cc3)C[C@H]21. The van der Waals surface area contributed by atoms with Gasteiger partial charge in [-0.25, -0.2) is 18.2 Å². The number of nitrogens with one attached hydrogen (secondary N) is 1. The van der Waals surface area contributed by atoms with Gasteiger partial charge in [0.2, 0.25) is 10.0 Å². The van der Waals surface area contributed by atoms with Gasteiger partial charge in [0.25, 0.3) is 5.91 Å². The number of ether oxygens (including phenoxy) is 1. The second-order valence-corrected chi connectivity index (χ2v) is 12.5. The summed E-state index contributed by atoms with van der Waals surface area (Å²) in [5.74, 6) is -0.135. The third-order valence-corrected chi connectivity index (χ3v) is 8.65. The Morgan fingerprint density at radius 2 is 1.86 bits per heavy atom. The van der Waals surface area contributed by atoms with Crippen LogP contribution in [0.1, 0.15) is 43.1 Å². The van der Waals surface area contributed by atoms with Crippen LogP contribution in [-0.2, 0) is 21.3 Å². The van der Waals surface area contributed by atoms with Crippen molar-refractivity contribution in [2.45, 2.75) is 50.3 Å². The van der Waals surface area contributed by atoms with E-state index in [0.29, 0.717) is 18.7 Å². The number of pyridine rings is 1.